The fraction of sp³-hybridized carbons (Fsp3) is 0.333. The van der Waals surface area contributed by atoms with Crippen molar-refractivity contribution < 1.29 is 19.2 Å². The number of nitrogens with zero attached hydrogens (tertiary/aromatic N) is 1. The molecule has 0 saturated heterocycles. The predicted molar refractivity (Wildman–Crippen MR) is 82.6 cm³/mol. The van der Waals surface area contributed by atoms with Crippen molar-refractivity contribution in [1.82, 2.24) is 0 Å². The minimum absolute atomic E-state index is 0.0243. The molecule has 0 aliphatic rings. The van der Waals surface area contributed by atoms with Crippen LogP contribution in [0, 0.1) is 10.1 Å². The van der Waals surface area contributed by atoms with Crippen LogP contribution in [0.25, 0.3) is 6.08 Å². The molecule has 0 spiro atoms. The standard InChI is InChI=1S/C15H16ClNO5/c1-9(18)11(14(19)22-15(2,3)4)7-10-5-6-12(16)13(8-10)17(20)21/h5-8H,1-4H3/b11-7-. The van der Waals surface area contributed by atoms with Gasteiger partial charge in [-0.2, -0.15) is 0 Å². The predicted octanol–water partition coefficient (Wildman–Crippen LogP) is 3.56. The molecule has 22 heavy (non-hydrogen) atoms. The number of carbonyl (C=O) groups is 2. The highest BCUT2D eigenvalue weighted by molar-refractivity contribution is 6.32. The van der Waals surface area contributed by atoms with E-state index in [-0.39, 0.29) is 16.3 Å². The summed E-state index contributed by atoms with van der Waals surface area (Å²) in [5.74, 6) is -1.27. The molecule has 0 aliphatic carbocycles. The number of hydrogen-bond acceptors (Lipinski definition) is 5. The highest BCUT2D eigenvalue weighted by Gasteiger charge is 2.23. The number of carbonyl (C=O) groups excluding carboxylic acids is 2. The normalized spacial score (nSPS) is 12.0. The first-order valence-corrected chi connectivity index (χ1v) is 6.79. The van der Waals surface area contributed by atoms with Crippen LogP contribution in [0.4, 0.5) is 5.69 Å². The van der Waals surface area contributed by atoms with Gasteiger partial charge >= 0.3 is 5.97 Å². The monoisotopic (exact) mass is 325 g/mol. The van der Waals surface area contributed by atoms with Gasteiger partial charge in [-0.3, -0.25) is 14.9 Å². The lowest BCUT2D eigenvalue weighted by molar-refractivity contribution is -0.384. The molecule has 6 nitrogen and oxygen atoms in total. The highest BCUT2D eigenvalue weighted by Crippen LogP contribution is 2.26. The third-order valence-corrected chi connectivity index (χ3v) is 2.80. The van der Waals surface area contributed by atoms with Gasteiger partial charge in [-0.25, -0.2) is 4.79 Å². The fourth-order valence-electron chi connectivity index (χ4n) is 1.56. The number of hydrogen-bond donors (Lipinski definition) is 0. The second-order valence-corrected chi connectivity index (χ2v) is 5.99. The van der Waals surface area contributed by atoms with Gasteiger partial charge in [-0.05, 0) is 45.4 Å². The first kappa shape index (κ1) is 17.8. The summed E-state index contributed by atoms with van der Waals surface area (Å²) in [6.45, 7) is 6.25. The van der Waals surface area contributed by atoms with Crippen molar-refractivity contribution in [3.63, 3.8) is 0 Å². The molecule has 0 aliphatic heterocycles. The molecule has 0 heterocycles. The zero-order valence-corrected chi connectivity index (χ0v) is 13.4. The average Bonchev–Trinajstić information content (AvgIpc) is 2.34. The molecular weight excluding hydrogens is 310 g/mol. The molecule has 0 unspecified atom stereocenters. The lowest BCUT2D eigenvalue weighted by Gasteiger charge is -2.19. The Hall–Kier alpha value is -2.21. The summed E-state index contributed by atoms with van der Waals surface area (Å²) in [4.78, 5) is 33.9. The maximum Gasteiger partial charge on any atom is 0.342 e. The number of nitro groups is 1. The Labute approximate surface area is 132 Å². The number of nitro benzene ring substituents is 1. The SMILES string of the molecule is CC(=O)/C(=C/c1ccc(Cl)c([N+](=O)[O-])c1)C(=O)OC(C)(C)C. The van der Waals surface area contributed by atoms with Gasteiger partial charge < -0.3 is 4.74 Å². The Balaban J connectivity index is 3.25. The number of esters is 1. The van der Waals surface area contributed by atoms with Crippen molar-refractivity contribution in [3.8, 4) is 0 Å². The van der Waals surface area contributed by atoms with E-state index in [4.69, 9.17) is 16.3 Å². The molecule has 0 amide bonds. The second-order valence-electron chi connectivity index (χ2n) is 5.58. The first-order valence-electron chi connectivity index (χ1n) is 6.41. The molecule has 118 valence electrons. The molecule has 0 fully saturated rings. The summed E-state index contributed by atoms with van der Waals surface area (Å²) in [5.41, 5.74) is -0.932. The topological polar surface area (TPSA) is 86.5 Å². The Bertz CT molecular complexity index is 658. The number of Topliss-reactive ketones (excluding diaryl/α,β-unsaturated/α-hetero) is 1. The van der Waals surface area contributed by atoms with Gasteiger partial charge in [0, 0.05) is 6.07 Å². The molecular formula is C15H16ClNO5. The average molecular weight is 326 g/mol. The van der Waals surface area contributed by atoms with Gasteiger partial charge in [0.2, 0.25) is 0 Å². The minimum atomic E-state index is -0.780. The van der Waals surface area contributed by atoms with Crippen LogP contribution in [-0.4, -0.2) is 22.3 Å². The quantitative estimate of drug-likeness (QED) is 0.211. The number of benzene rings is 1. The van der Waals surface area contributed by atoms with Crippen LogP contribution < -0.4 is 0 Å². The van der Waals surface area contributed by atoms with Crippen LogP contribution in [0.3, 0.4) is 0 Å². The van der Waals surface area contributed by atoms with Crippen molar-refractivity contribution in [2.24, 2.45) is 0 Å². The van der Waals surface area contributed by atoms with Crippen molar-refractivity contribution in [1.29, 1.82) is 0 Å². The molecule has 1 aromatic carbocycles. The van der Waals surface area contributed by atoms with Gasteiger partial charge in [0.15, 0.2) is 5.78 Å². The molecule has 0 bridgehead atoms. The molecule has 1 rings (SSSR count). The van der Waals surface area contributed by atoms with E-state index >= 15 is 0 Å². The number of halogens is 1. The number of ether oxygens (including phenoxy) is 1. The van der Waals surface area contributed by atoms with Gasteiger partial charge in [0.25, 0.3) is 5.69 Å². The van der Waals surface area contributed by atoms with Crippen LogP contribution >= 0.6 is 11.6 Å². The van der Waals surface area contributed by atoms with Gasteiger partial charge in [0.05, 0.1) is 4.92 Å². The number of rotatable bonds is 4. The minimum Gasteiger partial charge on any atom is -0.456 e. The lowest BCUT2D eigenvalue weighted by atomic mass is 10.1. The fourth-order valence-corrected chi connectivity index (χ4v) is 1.75. The smallest absolute Gasteiger partial charge is 0.342 e. The molecule has 1 aromatic rings. The molecule has 0 aromatic heterocycles. The Kier molecular flexibility index (Phi) is 5.43. The summed E-state index contributed by atoms with van der Waals surface area (Å²) >= 11 is 5.72. The second kappa shape index (κ2) is 6.70. The zero-order chi connectivity index (χ0) is 17.1. The Morgan fingerprint density at radius 1 is 1.32 bits per heavy atom. The third-order valence-electron chi connectivity index (χ3n) is 2.48. The van der Waals surface area contributed by atoms with Crippen LogP contribution in [0.2, 0.25) is 5.02 Å². The van der Waals surface area contributed by atoms with Crippen LogP contribution in [0.15, 0.2) is 23.8 Å². The van der Waals surface area contributed by atoms with E-state index in [1.54, 1.807) is 20.8 Å². The van der Waals surface area contributed by atoms with E-state index in [2.05, 4.69) is 0 Å². The van der Waals surface area contributed by atoms with Crippen LogP contribution in [0.5, 0.6) is 0 Å². The van der Waals surface area contributed by atoms with Crippen molar-refractivity contribution in [2.45, 2.75) is 33.3 Å². The Morgan fingerprint density at radius 2 is 1.91 bits per heavy atom. The molecule has 0 radical (unpaired) electrons. The van der Waals surface area contributed by atoms with Crippen molar-refractivity contribution in [3.05, 3.63) is 44.5 Å². The molecule has 7 heteroatoms. The first-order chi connectivity index (χ1) is 10.0. The maximum atomic E-state index is 12.0. The Morgan fingerprint density at radius 3 is 2.36 bits per heavy atom. The summed E-state index contributed by atoms with van der Waals surface area (Å²) in [5, 5.41) is 10.8. The summed E-state index contributed by atoms with van der Waals surface area (Å²) in [6, 6.07) is 4.00. The van der Waals surface area contributed by atoms with E-state index in [0.717, 1.165) is 0 Å². The van der Waals surface area contributed by atoms with E-state index in [9.17, 15) is 19.7 Å². The zero-order valence-electron chi connectivity index (χ0n) is 12.7. The molecule has 0 saturated carbocycles. The largest absolute Gasteiger partial charge is 0.456 e. The number of ketones is 1. The summed E-state index contributed by atoms with van der Waals surface area (Å²) < 4.78 is 5.15. The molecule has 0 N–H and O–H groups in total. The van der Waals surface area contributed by atoms with Crippen molar-refractivity contribution >= 4 is 35.1 Å². The lowest BCUT2D eigenvalue weighted by Crippen LogP contribution is -2.26. The third kappa shape index (κ3) is 4.96. The van der Waals surface area contributed by atoms with Crippen LogP contribution in [0.1, 0.15) is 33.3 Å². The van der Waals surface area contributed by atoms with Gasteiger partial charge in [-0.15, -0.1) is 0 Å². The van der Waals surface area contributed by atoms with E-state index in [1.165, 1.54) is 31.2 Å². The highest BCUT2D eigenvalue weighted by atomic mass is 35.5. The van der Waals surface area contributed by atoms with Crippen LogP contribution in [-0.2, 0) is 14.3 Å². The summed E-state index contributed by atoms with van der Waals surface area (Å²) in [7, 11) is 0. The van der Waals surface area contributed by atoms with E-state index in [1.807, 2.05) is 0 Å². The van der Waals surface area contributed by atoms with E-state index in [0.29, 0.717) is 5.56 Å². The van der Waals surface area contributed by atoms with Crippen molar-refractivity contribution in [2.75, 3.05) is 0 Å². The maximum absolute atomic E-state index is 12.0. The summed E-state index contributed by atoms with van der Waals surface area (Å²) in [6.07, 6.45) is 1.25. The van der Waals surface area contributed by atoms with E-state index < -0.39 is 22.3 Å². The van der Waals surface area contributed by atoms with Gasteiger partial charge in [0.1, 0.15) is 16.2 Å². The molecule has 0 atom stereocenters. The van der Waals surface area contributed by atoms with Gasteiger partial charge in [-0.1, -0.05) is 17.7 Å².